The molecule has 76 valence electrons. The number of aromatic nitrogens is 2. The lowest BCUT2D eigenvalue weighted by atomic mass is 10.3. The van der Waals surface area contributed by atoms with Gasteiger partial charge in [0.05, 0.1) is 0 Å². The molecule has 1 aromatic heterocycles. The van der Waals surface area contributed by atoms with Crippen molar-refractivity contribution in [3.8, 4) is 17.9 Å². The fraction of sp³-hybridized carbons (Fsp3) is 0.364. The minimum atomic E-state index is 0.381. The molecule has 15 heavy (non-hydrogen) atoms. The van der Waals surface area contributed by atoms with Gasteiger partial charge in [-0.15, -0.1) is 11.8 Å². The van der Waals surface area contributed by atoms with Gasteiger partial charge in [-0.3, -0.25) is 0 Å². The number of anilines is 1. The Morgan fingerprint density at radius 1 is 1.47 bits per heavy atom. The zero-order valence-corrected chi connectivity index (χ0v) is 8.83. The van der Waals surface area contributed by atoms with Gasteiger partial charge in [0, 0.05) is 18.7 Å². The minimum Gasteiger partial charge on any atom is -0.353 e. The zero-order chi connectivity index (χ0) is 11.1. The van der Waals surface area contributed by atoms with Crippen molar-refractivity contribution >= 4 is 5.95 Å². The molecule has 0 fully saturated rings. The van der Waals surface area contributed by atoms with Gasteiger partial charge in [0.15, 0.2) is 0 Å². The first-order valence-corrected chi connectivity index (χ1v) is 4.65. The highest BCUT2D eigenvalue weighted by molar-refractivity contribution is 5.32. The molecule has 0 aliphatic rings. The maximum Gasteiger partial charge on any atom is 0.224 e. The standard InChI is InChI=1S/C11H12N4/c1-3-4-5-6-13-11-14-9(2)7-10(8-12)15-11/h7H,5-6H2,1-2H3,(H,13,14,15). The summed E-state index contributed by atoms with van der Waals surface area (Å²) >= 11 is 0. The number of hydrogen-bond acceptors (Lipinski definition) is 4. The van der Waals surface area contributed by atoms with Crippen molar-refractivity contribution in [1.82, 2.24) is 9.97 Å². The summed E-state index contributed by atoms with van der Waals surface area (Å²) in [5.41, 5.74) is 1.16. The molecule has 4 nitrogen and oxygen atoms in total. The molecular formula is C11H12N4. The molecule has 0 aliphatic carbocycles. The largest absolute Gasteiger partial charge is 0.353 e. The first kappa shape index (κ1) is 11.0. The number of nitriles is 1. The predicted octanol–water partition coefficient (Wildman–Crippen LogP) is 1.48. The quantitative estimate of drug-likeness (QED) is 0.593. The van der Waals surface area contributed by atoms with Crippen LogP contribution in [0.1, 0.15) is 24.7 Å². The normalized spacial score (nSPS) is 8.60. The third-order valence-corrected chi connectivity index (χ3v) is 1.68. The molecule has 0 bridgehead atoms. The van der Waals surface area contributed by atoms with E-state index < -0.39 is 0 Å². The van der Waals surface area contributed by atoms with Gasteiger partial charge in [0.25, 0.3) is 0 Å². The number of nitrogens with one attached hydrogen (secondary N) is 1. The average Bonchev–Trinajstić information content (AvgIpc) is 2.23. The molecule has 1 rings (SSSR count). The Balaban J connectivity index is 2.64. The molecule has 0 unspecified atom stereocenters. The van der Waals surface area contributed by atoms with Crippen LogP contribution in [-0.2, 0) is 0 Å². The first-order chi connectivity index (χ1) is 7.26. The maximum atomic E-state index is 8.71. The first-order valence-electron chi connectivity index (χ1n) is 4.65. The predicted molar refractivity (Wildman–Crippen MR) is 58.0 cm³/mol. The van der Waals surface area contributed by atoms with Gasteiger partial charge >= 0.3 is 0 Å². The summed E-state index contributed by atoms with van der Waals surface area (Å²) < 4.78 is 0. The number of aryl methyl sites for hydroxylation is 1. The maximum absolute atomic E-state index is 8.71. The van der Waals surface area contributed by atoms with E-state index in [1.54, 1.807) is 13.0 Å². The van der Waals surface area contributed by atoms with E-state index in [-0.39, 0.29) is 0 Å². The van der Waals surface area contributed by atoms with E-state index in [1.165, 1.54) is 0 Å². The summed E-state index contributed by atoms with van der Waals surface area (Å²) in [6, 6.07) is 3.64. The number of hydrogen-bond donors (Lipinski definition) is 1. The van der Waals surface area contributed by atoms with Crippen molar-refractivity contribution in [3.05, 3.63) is 17.5 Å². The van der Waals surface area contributed by atoms with Crippen LogP contribution in [0.4, 0.5) is 5.95 Å². The van der Waals surface area contributed by atoms with Gasteiger partial charge < -0.3 is 5.32 Å². The van der Waals surface area contributed by atoms with Crippen molar-refractivity contribution in [2.24, 2.45) is 0 Å². The highest BCUT2D eigenvalue weighted by atomic mass is 15.1. The van der Waals surface area contributed by atoms with Gasteiger partial charge in [-0.2, -0.15) is 5.26 Å². The summed E-state index contributed by atoms with van der Waals surface area (Å²) in [5.74, 6) is 6.22. The van der Waals surface area contributed by atoms with E-state index in [1.807, 2.05) is 13.0 Å². The zero-order valence-electron chi connectivity index (χ0n) is 8.83. The molecule has 0 spiro atoms. The molecule has 0 aromatic carbocycles. The van der Waals surface area contributed by atoms with Crippen LogP contribution < -0.4 is 5.32 Å². The van der Waals surface area contributed by atoms with E-state index >= 15 is 0 Å². The van der Waals surface area contributed by atoms with Gasteiger partial charge in [-0.05, 0) is 19.9 Å². The molecule has 1 N–H and O–H groups in total. The second-order valence-electron chi connectivity index (χ2n) is 2.93. The van der Waals surface area contributed by atoms with Crippen LogP contribution in [0.3, 0.4) is 0 Å². The summed E-state index contributed by atoms with van der Waals surface area (Å²) in [6.45, 7) is 4.33. The summed E-state index contributed by atoms with van der Waals surface area (Å²) in [5, 5.41) is 11.7. The average molecular weight is 200 g/mol. The number of rotatable bonds is 3. The van der Waals surface area contributed by atoms with Crippen LogP contribution in [0, 0.1) is 30.1 Å². The molecule has 0 saturated heterocycles. The molecule has 0 atom stereocenters. The summed E-state index contributed by atoms with van der Waals surface area (Å²) in [7, 11) is 0. The van der Waals surface area contributed by atoms with Gasteiger partial charge in [-0.1, -0.05) is 0 Å². The lowest BCUT2D eigenvalue weighted by Gasteiger charge is -2.03. The van der Waals surface area contributed by atoms with Crippen molar-refractivity contribution in [1.29, 1.82) is 5.26 Å². The topological polar surface area (TPSA) is 61.6 Å². The van der Waals surface area contributed by atoms with Crippen LogP contribution in [0.5, 0.6) is 0 Å². The molecule has 0 saturated carbocycles. The van der Waals surface area contributed by atoms with Crippen LogP contribution >= 0.6 is 0 Å². The lowest BCUT2D eigenvalue weighted by molar-refractivity contribution is 1.01. The van der Waals surface area contributed by atoms with Gasteiger partial charge in [-0.25, -0.2) is 9.97 Å². The van der Waals surface area contributed by atoms with Gasteiger partial charge in [0.1, 0.15) is 11.8 Å². The van der Waals surface area contributed by atoms with Crippen LogP contribution in [0.15, 0.2) is 6.07 Å². The van der Waals surface area contributed by atoms with E-state index in [0.29, 0.717) is 18.2 Å². The molecule has 1 heterocycles. The van der Waals surface area contributed by atoms with Crippen LogP contribution in [0.2, 0.25) is 0 Å². The van der Waals surface area contributed by atoms with E-state index in [0.717, 1.165) is 12.1 Å². The van der Waals surface area contributed by atoms with Crippen molar-refractivity contribution in [2.75, 3.05) is 11.9 Å². The van der Waals surface area contributed by atoms with E-state index in [2.05, 4.69) is 27.1 Å². The molecule has 0 aliphatic heterocycles. The van der Waals surface area contributed by atoms with Crippen molar-refractivity contribution < 1.29 is 0 Å². The number of nitrogens with zero attached hydrogens (tertiary/aromatic N) is 3. The third-order valence-electron chi connectivity index (χ3n) is 1.68. The Kier molecular flexibility index (Phi) is 4.12. The van der Waals surface area contributed by atoms with Crippen LogP contribution in [0.25, 0.3) is 0 Å². The fourth-order valence-corrected chi connectivity index (χ4v) is 1.07. The second-order valence-corrected chi connectivity index (χ2v) is 2.93. The Morgan fingerprint density at radius 2 is 2.27 bits per heavy atom. The monoisotopic (exact) mass is 200 g/mol. The smallest absolute Gasteiger partial charge is 0.224 e. The minimum absolute atomic E-state index is 0.381. The Morgan fingerprint density at radius 3 is 2.93 bits per heavy atom. The molecule has 1 aromatic rings. The van der Waals surface area contributed by atoms with Crippen molar-refractivity contribution in [2.45, 2.75) is 20.3 Å². The third kappa shape index (κ3) is 3.66. The highest BCUT2D eigenvalue weighted by Gasteiger charge is 1.99. The van der Waals surface area contributed by atoms with Gasteiger partial charge in [0.2, 0.25) is 5.95 Å². The van der Waals surface area contributed by atoms with E-state index in [9.17, 15) is 0 Å². The highest BCUT2D eigenvalue weighted by Crippen LogP contribution is 2.03. The molecule has 0 radical (unpaired) electrons. The molecule has 4 heteroatoms. The van der Waals surface area contributed by atoms with Crippen LogP contribution in [-0.4, -0.2) is 16.5 Å². The SMILES string of the molecule is CC#CCCNc1nc(C)cc(C#N)n1. The second kappa shape index (κ2) is 5.62. The lowest BCUT2D eigenvalue weighted by Crippen LogP contribution is -2.06. The van der Waals surface area contributed by atoms with E-state index in [4.69, 9.17) is 5.26 Å². The summed E-state index contributed by atoms with van der Waals surface area (Å²) in [4.78, 5) is 8.18. The fourth-order valence-electron chi connectivity index (χ4n) is 1.07. The molecular weight excluding hydrogens is 188 g/mol. The van der Waals surface area contributed by atoms with Crippen molar-refractivity contribution in [3.63, 3.8) is 0 Å². The Bertz CT molecular complexity index is 434. The molecule has 0 amide bonds. The Hall–Kier alpha value is -2.07. The Labute approximate surface area is 89.4 Å². The summed E-state index contributed by atoms with van der Waals surface area (Å²) in [6.07, 6.45) is 0.746.